The molecule has 0 spiro atoms. The molecule has 4 nitrogen and oxygen atoms in total. The van der Waals surface area contributed by atoms with Gasteiger partial charge in [0.25, 0.3) is 0 Å². The summed E-state index contributed by atoms with van der Waals surface area (Å²) in [5, 5.41) is 9.78. The van der Waals surface area contributed by atoms with Crippen LogP contribution in [0.1, 0.15) is 74.1 Å². The molecule has 1 N–H and O–H groups in total. The van der Waals surface area contributed by atoms with Gasteiger partial charge in [-0.3, -0.25) is 9.59 Å². The van der Waals surface area contributed by atoms with Crippen LogP contribution in [0.5, 0.6) is 0 Å². The number of hydrogen-bond acceptors (Lipinski definition) is 2. The van der Waals surface area contributed by atoms with Crippen LogP contribution in [0.2, 0.25) is 0 Å². The van der Waals surface area contributed by atoms with Crippen LogP contribution in [-0.2, 0) is 33.5 Å². The second-order valence-electron chi connectivity index (χ2n) is 12.7. The molecule has 3 atom stereocenters. The SMILES string of the molecule is CC(F)(c1ccc2c(c1)CC1N(C(=O)C34CCC(C(=O)O)(CC3)CC4)CCC21Cc1ccc(F)cc1)C(F)(F)F. The van der Waals surface area contributed by atoms with Crippen molar-refractivity contribution in [2.24, 2.45) is 10.8 Å². The molecule has 0 aromatic heterocycles. The van der Waals surface area contributed by atoms with Gasteiger partial charge in [0.15, 0.2) is 0 Å². The maximum absolute atomic E-state index is 14.9. The summed E-state index contributed by atoms with van der Waals surface area (Å²) in [6.45, 7) is 0.998. The largest absolute Gasteiger partial charge is 0.481 e. The van der Waals surface area contributed by atoms with E-state index >= 15 is 0 Å². The minimum atomic E-state index is -5.07. The predicted octanol–water partition coefficient (Wildman–Crippen LogP) is 6.64. The summed E-state index contributed by atoms with van der Waals surface area (Å²) in [6, 6.07) is 9.87. The molecule has 1 saturated heterocycles. The average molecular weight is 562 g/mol. The lowest BCUT2D eigenvalue weighted by Crippen LogP contribution is -2.55. The first-order valence-corrected chi connectivity index (χ1v) is 13.9. The van der Waals surface area contributed by atoms with Crippen molar-refractivity contribution in [2.45, 2.75) is 88.0 Å². The predicted molar refractivity (Wildman–Crippen MR) is 137 cm³/mol. The van der Waals surface area contributed by atoms with Gasteiger partial charge in [0.1, 0.15) is 5.82 Å². The van der Waals surface area contributed by atoms with Crippen LogP contribution >= 0.6 is 0 Å². The van der Waals surface area contributed by atoms with Gasteiger partial charge in [-0.15, -0.1) is 0 Å². The van der Waals surface area contributed by atoms with Crippen molar-refractivity contribution in [1.29, 1.82) is 0 Å². The Balaban J connectivity index is 1.36. The molecular formula is C31H32F5NO3. The van der Waals surface area contributed by atoms with E-state index < -0.39 is 39.6 Å². The van der Waals surface area contributed by atoms with Gasteiger partial charge in [0.05, 0.1) is 5.41 Å². The van der Waals surface area contributed by atoms with E-state index in [2.05, 4.69) is 0 Å². The third-order valence-electron chi connectivity index (χ3n) is 10.8. The van der Waals surface area contributed by atoms with E-state index in [4.69, 9.17) is 0 Å². The highest BCUT2D eigenvalue weighted by atomic mass is 19.4. The standard InChI is InChI=1S/C31H32F5NO3/c1-27(33,31(34,35)36)21-4-7-23-20(16-21)17-24-30(23,18-19-2-5-22(32)6-3-19)14-15-37(24)25(38)28-8-11-29(12-9-28,13-10-28)26(39)40/h2-7,16,24H,8-15,17-18H2,1H3,(H,39,40). The molecule has 1 aliphatic heterocycles. The molecule has 0 radical (unpaired) electrons. The number of carbonyl (C=O) groups is 2. The molecule has 214 valence electrons. The quantitative estimate of drug-likeness (QED) is 0.417. The zero-order valence-electron chi connectivity index (χ0n) is 22.3. The third kappa shape index (κ3) is 3.82. The fraction of sp³-hybridized carbons (Fsp3) is 0.548. The third-order valence-corrected chi connectivity index (χ3v) is 10.8. The van der Waals surface area contributed by atoms with Crippen LogP contribution in [0.25, 0.3) is 0 Å². The van der Waals surface area contributed by atoms with E-state index in [-0.39, 0.29) is 17.8 Å². The highest BCUT2D eigenvalue weighted by Crippen LogP contribution is 2.60. The Morgan fingerprint density at radius 2 is 1.52 bits per heavy atom. The maximum Gasteiger partial charge on any atom is 0.426 e. The van der Waals surface area contributed by atoms with E-state index in [0.29, 0.717) is 76.8 Å². The number of aliphatic carboxylic acids is 1. The number of halogens is 5. The van der Waals surface area contributed by atoms with Crippen LogP contribution in [0, 0.1) is 16.6 Å². The number of amides is 1. The molecule has 3 unspecified atom stereocenters. The zero-order valence-corrected chi connectivity index (χ0v) is 22.3. The topological polar surface area (TPSA) is 57.6 Å². The molecule has 9 heteroatoms. The van der Waals surface area contributed by atoms with Gasteiger partial charge < -0.3 is 10.0 Å². The molecule has 1 amide bonds. The van der Waals surface area contributed by atoms with Crippen molar-refractivity contribution in [2.75, 3.05) is 6.54 Å². The van der Waals surface area contributed by atoms with Gasteiger partial charge in [-0.1, -0.05) is 30.3 Å². The highest BCUT2D eigenvalue weighted by Gasteiger charge is 2.61. The monoisotopic (exact) mass is 561 g/mol. The van der Waals surface area contributed by atoms with Crippen LogP contribution in [0.3, 0.4) is 0 Å². The van der Waals surface area contributed by atoms with E-state index in [9.17, 15) is 36.6 Å². The highest BCUT2D eigenvalue weighted by molar-refractivity contribution is 5.86. The van der Waals surface area contributed by atoms with E-state index in [0.717, 1.165) is 11.1 Å². The minimum Gasteiger partial charge on any atom is -0.481 e. The van der Waals surface area contributed by atoms with Gasteiger partial charge in [-0.05, 0) is 99.1 Å². The van der Waals surface area contributed by atoms with Crippen LogP contribution < -0.4 is 0 Å². The molecule has 4 fully saturated rings. The average Bonchev–Trinajstić information content (AvgIpc) is 3.42. The molecule has 2 aromatic carbocycles. The molecule has 5 aliphatic rings. The van der Waals surface area contributed by atoms with Crippen molar-refractivity contribution in [3.05, 3.63) is 70.5 Å². The summed E-state index contributed by atoms with van der Waals surface area (Å²) in [6.07, 6.45) is -0.811. The molecule has 2 bridgehead atoms. The van der Waals surface area contributed by atoms with Gasteiger partial charge in [-0.25, -0.2) is 8.78 Å². The molecule has 2 aromatic rings. The second-order valence-corrected chi connectivity index (χ2v) is 12.7. The fourth-order valence-corrected chi connectivity index (χ4v) is 8.12. The number of alkyl halides is 4. The molecule has 1 heterocycles. The first-order valence-electron chi connectivity index (χ1n) is 13.9. The van der Waals surface area contributed by atoms with Crippen molar-refractivity contribution in [3.8, 4) is 0 Å². The maximum atomic E-state index is 14.9. The Morgan fingerprint density at radius 1 is 0.925 bits per heavy atom. The smallest absolute Gasteiger partial charge is 0.426 e. The Kier molecular flexibility index (Phi) is 5.96. The zero-order chi connectivity index (χ0) is 28.7. The van der Waals surface area contributed by atoms with Crippen molar-refractivity contribution >= 4 is 11.9 Å². The fourth-order valence-electron chi connectivity index (χ4n) is 8.12. The van der Waals surface area contributed by atoms with E-state index in [1.807, 2.05) is 4.90 Å². The number of fused-ring (bicyclic) bond motifs is 6. The number of nitrogens with zero attached hydrogens (tertiary/aromatic N) is 1. The Labute approximate surface area is 229 Å². The number of carboxylic acids is 1. The van der Waals surface area contributed by atoms with Gasteiger partial charge in [-0.2, -0.15) is 13.2 Å². The number of benzene rings is 2. The number of rotatable bonds is 5. The van der Waals surface area contributed by atoms with Gasteiger partial charge in [0, 0.05) is 23.4 Å². The summed E-state index contributed by atoms with van der Waals surface area (Å²) in [5.74, 6) is -1.18. The Morgan fingerprint density at radius 3 is 2.10 bits per heavy atom. The number of hydrogen-bond donors (Lipinski definition) is 1. The van der Waals surface area contributed by atoms with Crippen molar-refractivity contribution in [1.82, 2.24) is 4.90 Å². The lowest BCUT2D eigenvalue weighted by Gasteiger charge is -2.52. The Hall–Kier alpha value is -2.97. The molecule has 7 rings (SSSR count). The summed E-state index contributed by atoms with van der Waals surface area (Å²) < 4.78 is 69.2. The first-order chi connectivity index (χ1) is 18.7. The van der Waals surface area contributed by atoms with Crippen LogP contribution in [-0.4, -0.2) is 40.6 Å². The summed E-state index contributed by atoms with van der Waals surface area (Å²) in [4.78, 5) is 28.1. The molecular weight excluding hydrogens is 529 g/mol. The summed E-state index contributed by atoms with van der Waals surface area (Å²) >= 11 is 0. The Bertz CT molecular complexity index is 1340. The van der Waals surface area contributed by atoms with E-state index in [1.165, 1.54) is 24.3 Å². The summed E-state index contributed by atoms with van der Waals surface area (Å²) in [7, 11) is 0. The van der Waals surface area contributed by atoms with Gasteiger partial charge in [0.2, 0.25) is 11.6 Å². The van der Waals surface area contributed by atoms with Crippen molar-refractivity contribution < 1.29 is 36.6 Å². The molecule has 40 heavy (non-hydrogen) atoms. The number of carboxylic acid groups (broad SMARTS) is 1. The number of carbonyl (C=O) groups excluding carboxylic acids is 1. The molecule has 3 saturated carbocycles. The first kappa shape index (κ1) is 27.2. The second kappa shape index (κ2) is 8.76. The minimum absolute atomic E-state index is 0.00387. The van der Waals surface area contributed by atoms with Gasteiger partial charge >= 0.3 is 12.1 Å². The van der Waals surface area contributed by atoms with Crippen LogP contribution in [0.15, 0.2) is 42.5 Å². The van der Waals surface area contributed by atoms with E-state index in [1.54, 1.807) is 18.2 Å². The number of likely N-dealkylation sites (tertiary alicyclic amines) is 1. The lowest BCUT2D eigenvalue weighted by molar-refractivity contribution is -0.228. The van der Waals surface area contributed by atoms with Crippen molar-refractivity contribution in [3.63, 3.8) is 0 Å². The normalized spacial score (nSPS) is 32.5. The lowest BCUT2D eigenvalue weighted by atomic mass is 9.53. The summed E-state index contributed by atoms with van der Waals surface area (Å²) in [5.41, 5.74) is -3.69. The molecule has 4 aliphatic carbocycles. The van der Waals surface area contributed by atoms with Crippen LogP contribution in [0.4, 0.5) is 22.0 Å².